The van der Waals surface area contributed by atoms with E-state index in [1.54, 1.807) is 0 Å². The van der Waals surface area contributed by atoms with E-state index in [9.17, 15) is 0 Å². The highest BCUT2D eigenvalue weighted by Crippen LogP contribution is 2.40. The molecule has 17 heavy (non-hydrogen) atoms. The van der Waals surface area contributed by atoms with Crippen LogP contribution in [0.4, 0.5) is 0 Å². The Balaban J connectivity index is 1.77. The van der Waals surface area contributed by atoms with Crippen molar-refractivity contribution < 1.29 is 13.9 Å². The molecule has 0 spiro atoms. The largest absolute Gasteiger partial charge is 0.423 e. The van der Waals surface area contributed by atoms with Gasteiger partial charge in [0.15, 0.2) is 5.79 Å². The molecule has 0 unspecified atom stereocenters. The van der Waals surface area contributed by atoms with Crippen molar-refractivity contribution in [1.29, 1.82) is 0 Å². The van der Waals surface area contributed by atoms with Crippen LogP contribution in [0.15, 0.2) is 4.42 Å². The summed E-state index contributed by atoms with van der Waals surface area (Å²) in [6.07, 6.45) is 2.25. The monoisotopic (exact) mass is 239 g/mol. The zero-order chi connectivity index (χ0) is 12.1. The van der Waals surface area contributed by atoms with Gasteiger partial charge in [0.25, 0.3) is 0 Å². The third kappa shape index (κ3) is 2.08. The summed E-state index contributed by atoms with van der Waals surface area (Å²) in [7, 11) is 0. The molecule has 1 aliphatic heterocycles. The molecule has 0 bridgehead atoms. The van der Waals surface area contributed by atoms with Gasteiger partial charge in [-0.1, -0.05) is 0 Å². The second-order valence-corrected chi connectivity index (χ2v) is 5.35. The Morgan fingerprint density at radius 2 is 1.82 bits per heavy atom. The lowest BCUT2D eigenvalue weighted by Crippen LogP contribution is -2.54. The van der Waals surface area contributed by atoms with Crippen molar-refractivity contribution in [3.8, 4) is 0 Å². The van der Waals surface area contributed by atoms with Gasteiger partial charge in [0.1, 0.15) is 5.54 Å². The van der Waals surface area contributed by atoms with Gasteiger partial charge in [-0.25, -0.2) is 0 Å². The van der Waals surface area contributed by atoms with Crippen LogP contribution in [0.25, 0.3) is 0 Å². The molecule has 3 rings (SSSR count). The smallest absolute Gasteiger partial charge is 0.241 e. The van der Waals surface area contributed by atoms with Crippen molar-refractivity contribution in [2.75, 3.05) is 13.2 Å². The van der Waals surface area contributed by atoms with Crippen LogP contribution in [0.5, 0.6) is 0 Å². The Morgan fingerprint density at radius 1 is 1.18 bits per heavy atom. The Hall–Kier alpha value is -0.980. The summed E-state index contributed by atoms with van der Waals surface area (Å²) < 4.78 is 16.7. The highest BCUT2D eigenvalue weighted by Gasteiger charge is 2.43. The molecule has 0 aromatic carbocycles. The van der Waals surface area contributed by atoms with E-state index >= 15 is 0 Å². The number of nitrogens with zero attached hydrogens (tertiary/aromatic N) is 2. The fourth-order valence-electron chi connectivity index (χ4n) is 1.74. The Morgan fingerprint density at radius 3 is 2.41 bits per heavy atom. The SMILES string of the molecule is CC1(C)OCC(N)(c2nnc(C3CC3)o2)CO1. The first-order chi connectivity index (χ1) is 7.99. The Bertz CT molecular complexity index is 415. The topological polar surface area (TPSA) is 83.4 Å². The number of hydrogen-bond donors (Lipinski definition) is 1. The molecule has 1 aromatic heterocycles. The summed E-state index contributed by atoms with van der Waals surface area (Å²) in [6.45, 7) is 4.37. The first kappa shape index (κ1) is 11.1. The van der Waals surface area contributed by atoms with Crippen molar-refractivity contribution in [2.45, 2.75) is 43.9 Å². The second kappa shape index (κ2) is 3.51. The normalized spacial score (nSPS) is 27.0. The van der Waals surface area contributed by atoms with E-state index in [1.807, 2.05) is 13.8 Å². The lowest BCUT2D eigenvalue weighted by atomic mass is 10.0. The van der Waals surface area contributed by atoms with Gasteiger partial charge in [0.2, 0.25) is 11.8 Å². The second-order valence-electron chi connectivity index (χ2n) is 5.35. The fourth-order valence-corrected chi connectivity index (χ4v) is 1.74. The molecule has 94 valence electrons. The van der Waals surface area contributed by atoms with Crippen LogP contribution < -0.4 is 5.73 Å². The lowest BCUT2D eigenvalue weighted by molar-refractivity contribution is -0.271. The molecule has 2 N–H and O–H groups in total. The van der Waals surface area contributed by atoms with E-state index < -0.39 is 11.3 Å². The highest BCUT2D eigenvalue weighted by molar-refractivity contribution is 5.07. The summed E-state index contributed by atoms with van der Waals surface area (Å²) in [5.41, 5.74) is 5.37. The summed E-state index contributed by atoms with van der Waals surface area (Å²) in [5.74, 6) is 0.939. The quantitative estimate of drug-likeness (QED) is 0.825. The highest BCUT2D eigenvalue weighted by atomic mass is 16.7. The number of ether oxygens (including phenoxy) is 2. The Labute approximate surface area is 99.5 Å². The van der Waals surface area contributed by atoms with Gasteiger partial charge in [-0.3, -0.25) is 0 Å². The summed E-state index contributed by atoms with van der Waals surface area (Å²) in [6, 6.07) is 0. The van der Waals surface area contributed by atoms with Gasteiger partial charge in [0, 0.05) is 5.92 Å². The van der Waals surface area contributed by atoms with Crippen molar-refractivity contribution >= 4 is 0 Å². The summed E-state index contributed by atoms with van der Waals surface area (Å²) in [4.78, 5) is 0. The van der Waals surface area contributed by atoms with Crippen LogP contribution in [-0.2, 0) is 15.0 Å². The minimum absolute atomic E-state index is 0.326. The molecule has 2 aliphatic rings. The number of nitrogens with two attached hydrogens (primary N) is 1. The summed E-state index contributed by atoms with van der Waals surface area (Å²) in [5, 5.41) is 8.05. The van der Waals surface area contributed by atoms with Crippen LogP contribution >= 0.6 is 0 Å². The summed E-state index contributed by atoms with van der Waals surface area (Å²) >= 11 is 0. The minimum Gasteiger partial charge on any atom is -0.423 e. The van der Waals surface area contributed by atoms with Crippen LogP contribution in [0.1, 0.15) is 44.4 Å². The minimum atomic E-state index is -0.824. The van der Waals surface area contributed by atoms with E-state index in [4.69, 9.17) is 19.6 Å². The van der Waals surface area contributed by atoms with Crippen LogP contribution in [0.2, 0.25) is 0 Å². The third-order valence-electron chi connectivity index (χ3n) is 3.15. The molecule has 1 saturated carbocycles. The maximum absolute atomic E-state index is 6.19. The van der Waals surface area contributed by atoms with Crippen LogP contribution in [-0.4, -0.2) is 29.2 Å². The van der Waals surface area contributed by atoms with Gasteiger partial charge in [0.05, 0.1) is 13.2 Å². The van der Waals surface area contributed by atoms with Crippen molar-refractivity contribution in [3.63, 3.8) is 0 Å². The van der Waals surface area contributed by atoms with Gasteiger partial charge < -0.3 is 19.6 Å². The Kier molecular flexibility index (Phi) is 2.30. The van der Waals surface area contributed by atoms with E-state index in [-0.39, 0.29) is 0 Å². The first-order valence-corrected chi connectivity index (χ1v) is 5.89. The number of hydrogen-bond acceptors (Lipinski definition) is 6. The standard InChI is InChI=1S/C11H17N3O3/c1-10(2)15-5-11(12,6-16-10)9-14-13-8(17-9)7-3-4-7/h7H,3-6,12H2,1-2H3. The maximum atomic E-state index is 6.19. The van der Waals surface area contributed by atoms with E-state index in [0.717, 1.165) is 12.8 Å². The molecule has 2 heterocycles. The van der Waals surface area contributed by atoms with Gasteiger partial charge in [-0.05, 0) is 26.7 Å². The zero-order valence-corrected chi connectivity index (χ0v) is 10.1. The predicted molar refractivity (Wildman–Crippen MR) is 58.1 cm³/mol. The van der Waals surface area contributed by atoms with Gasteiger partial charge >= 0.3 is 0 Å². The molecule has 6 nitrogen and oxygen atoms in total. The lowest BCUT2D eigenvalue weighted by Gasteiger charge is -2.38. The molecule has 1 saturated heterocycles. The molecule has 2 fully saturated rings. The molecule has 0 amide bonds. The number of rotatable bonds is 2. The third-order valence-corrected chi connectivity index (χ3v) is 3.15. The first-order valence-electron chi connectivity index (χ1n) is 5.89. The van der Waals surface area contributed by atoms with E-state index in [2.05, 4.69) is 10.2 Å². The fraction of sp³-hybridized carbons (Fsp3) is 0.818. The molecule has 0 radical (unpaired) electrons. The number of aromatic nitrogens is 2. The van der Waals surface area contributed by atoms with E-state index in [0.29, 0.717) is 30.9 Å². The van der Waals surface area contributed by atoms with Crippen molar-refractivity contribution in [1.82, 2.24) is 10.2 Å². The van der Waals surface area contributed by atoms with Crippen molar-refractivity contribution in [2.24, 2.45) is 5.73 Å². The maximum Gasteiger partial charge on any atom is 0.241 e. The average molecular weight is 239 g/mol. The predicted octanol–water partition coefficient (Wildman–Crippen LogP) is 0.884. The van der Waals surface area contributed by atoms with Gasteiger partial charge in [-0.15, -0.1) is 10.2 Å². The van der Waals surface area contributed by atoms with Gasteiger partial charge in [-0.2, -0.15) is 0 Å². The molecular weight excluding hydrogens is 222 g/mol. The molecular formula is C11H17N3O3. The van der Waals surface area contributed by atoms with Crippen molar-refractivity contribution in [3.05, 3.63) is 11.8 Å². The van der Waals surface area contributed by atoms with Crippen LogP contribution in [0, 0.1) is 0 Å². The molecule has 6 heteroatoms. The molecule has 0 atom stereocenters. The average Bonchev–Trinajstić information content (AvgIpc) is 3.01. The molecule has 1 aliphatic carbocycles. The van der Waals surface area contributed by atoms with Crippen LogP contribution in [0.3, 0.4) is 0 Å². The van der Waals surface area contributed by atoms with E-state index in [1.165, 1.54) is 0 Å². The molecule has 1 aromatic rings. The zero-order valence-electron chi connectivity index (χ0n) is 10.1.